The maximum Gasteiger partial charge on any atom is 0.342 e. The van der Waals surface area contributed by atoms with E-state index in [9.17, 15) is 14.9 Å². The van der Waals surface area contributed by atoms with E-state index in [4.69, 9.17) is 21.1 Å². The number of esters is 1. The van der Waals surface area contributed by atoms with E-state index in [1.807, 2.05) is 0 Å². The zero-order valence-electron chi connectivity index (χ0n) is 13.5. The van der Waals surface area contributed by atoms with Gasteiger partial charge in [0, 0.05) is 16.7 Å². The predicted molar refractivity (Wildman–Crippen MR) is 87.6 cm³/mol. The highest BCUT2D eigenvalue weighted by Gasteiger charge is 2.39. The second-order valence-electron chi connectivity index (χ2n) is 5.32. The lowest BCUT2D eigenvalue weighted by Gasteiger charge is -2.33. The van der Waals surface area contributed by atoms with Gasteiger partial charge in [0.1, 0.15) is 6.26 Å². The Hall–Kier alpha value is -2.34. The molecular formula is C16H17ClN2O5. The minimum atomic E-state index is -0.735. The van der Waals surface area contributed by atoms with E-state index in [0.717, 1.165) is 0 Å². The molecule has 1 heterocycles. The van der Waals surface area contributed by atoms with Crippen molar-refractivity contribution in [1.29, 1.82) is 0 Å². The largest absolute Gasteiger partial charge is 0.473 e. The number of rotatable bonds is 5. The van der Waals surface area contributed by atoms with E-state index in [1.54, 1.807) is 25.9 Å². The molecule has 1 aromatic rings. The summed E-state index contributed by atoms with van der Waals surface area (Å²) in [5, 5.41) is 11.7. The third-order valence-corrected chi connectivity index (χ3v) is 3.78. The summed E-state index contributed by atoms with van der Waals surface area (Å²) in [4.78, 5) is 24.9. The predicted octanol–water partition coefficient (Wildman–Crippen LogP) is 2.85. The molecule has 0 spiro atoms. The molecule has 0 radical (unpaired) electrons. The summed E-state index contributed by atoms with van der Waals surface area (Å²) in [5.74, 6) is -1.32. The fourth-order valence-electron chi connectivity index (χ4n) is 2.54. The van der Waals surface area contributed by atoms with Gasteiger partial charge in [-0.05, 0) is 33.2 Å². The van der Waals surface area contributed by atoms with Crippen molar-refractivity contribution in [3.63, 3.8) is 0 Å². The quantitative estimate of drug-likeness (QED) is 0.351. The van der Waals surface area contributed by atoms with Gasteiger partial charge in [-0.1, -0.05) is 17.3 Å². The number of halogens is 1. The van der Waals surface area contributed by atoms with Gasteiger partial charge in [-0.25, -0.2) is 4.79 Å². The van der Waals surface area contributed by atoms with Crippen LogP contribution in [0, 0.1) is 10.1 Å². The maximum absolute atomic E-state index is 12.3. The van der Waals surface area contributed by atoms with Gasteiger partial charge in [-0.3, -0.25) is 15.0 Å². The van der Waals surface area contributed by atoms with Crippen LogP contribution >= 0.6 is 11.6 Å². The van der Waals surface area contributed by atoms with E-state index < -0.39 is 23.0 Å². The van der Waals surface area contributed by atoms with E-state index in [1.165, 1.54) is 24.5 Å². The molecule has 2 rings (SSSR count). The number of hydrogen-bond donors (Lipinski definition) is 0. The van der Waals surface area contributed by atoms with Crippen LogP contribution < -0.4 is 0 Å². The number of benzene rings is 1. The van der Waals surface area contributed by atoms with Crippen molar-refractivity contribution in [1.82, 2.24) is 4.90 Å². The fraction of sp³-hybridized carbons (Fsp3) is 0.375. The SMILES string of the molecule is CCOC(=O)C1=C=COC(N(C)C)C1c1ccc(Cl)cc1[N+](=O)[O-]. The molecule has 0 aliphatic carbocycles. The number of carbonyl (C=O) groups excluding carboxylic acids is 1. The Morgan fingerprint density at radius 1 is 1.50 bits per heavy atom. The Balaban J connectivity index is 2.62. The van der Waals surface area contributed by atoms with Crippen molar-refractivity contribution in [2.45, 2.75) is 19.1 Å². The zero-order chi connectivity index (χ0) is 17.9. The molecular weight excluding hydrogens is 336 g/mol. The molecule has 0 saturated carbocycles. The first kappa shape index (κ1) is 18.0. The molecule has 0 bridgehead atoms. The molecule has 0 amide bonds. The van der Waals surface area contributed by atoms with Crippen LogP contribution in [0.4, 0.5) is 5.69 Å². The molecule has 24 heavy (non-hydrogen) atoms. The number of nitro groups is 1. The van der Waals surface area contributed by atoms with Gasteiger partial charge in [-0.2, -0.15) is 0 Å². The topological polar surface area (TPSA) is 81.9 Å². The summed E-state index contributed by atoms with van der Waals surface area (Å²) in [6.07, 6.45) is 0.653. The van der Waals surface area contributed by atoms with Crippen molar-refractivity contribution >= 4 is 23.3 Å². The second-order valence-corrected chi connectivity index (χ2v) is 5.76. The van der Waals surface area contributed by atoms with Crippen LogP contribution in [-0.2, 0) is 14.3 Å². The third kappa shape index (κ3) is 3.59. The lowest BCUT2D eigenvalue weighted by molar-refractivity contribution is -0.385. The van der Waals surface area contributed by atoms with Crippen LogP contribution in [-0.4, -0.2) is 42.7 Å². The molecule has 0 saturated heterocycles. The lowest BCUT2D eigenvalue weighted by Crippen LogP contribution is -2.39. The number of nitro benzene ring substituents is 1. The summed E-state index contributed by atoms with van der Waals surface area (Å²) >= 11 is 5.88. The molecule has 2 unspecified atom stereocenters. The monoisotopic (exact) mass is 352 g/mol. The number of hydrogen-bond acceptors (Lipinski definition) is 6. The Bertz CT molecular complexity index is 725. The molecule has 8 heteroatoms. The normalized spacial score (nSPS) is 19.6. The minimum Gasteiger partial charge on any atom is -0.473 e. The Kier molecular flexibility index (Phi) is 5.62. The fourth-order valence-corrected chi connectivity index (χ4v) is 2.71. The summed E-state index contributed by atoms with van der Waals surface area (Å²) in [6.45, 7) is 1.87. The van der Waals surface area contributed by atoms with E-state index in [-0.39, 0.29) is 22.9 Å². The summed E-state index contributed by atoms with van der Waals surface area (Å²) in [5.41, 5.74) is 3.03. The van der Waals surface area contributed by atoms with Gasteiger partial charge in [0.05, 0.1) is 23.0 Å². The number of ether oxygens (including phenoxy) is 2. The first-order valence-corrected chi connectivity index (χ1v) is 7.62. The molecule has 1 aromatic carbocycles. The summed E-state index contributed by atoms with van der Waals surface area (Å²) in [6, 6.07) is 4.32. The Morgan fingerprint density at radius 3 is 2.79 bits per heavy atom. The van der Waals surface area contributed by atoms with Crippen molar-refractivity contribution in [2.75, 3.05) is 20.7 Å². The van der Waals surface area contributed by atoms with Gasteiger partial charge in [0.15, 0.2) is 6.23 Å². The van der Waals surface area contributed by atoms with Gasteiger partial charge in [0.25, 0.3) is 5.69 Å². The van der Waals surface area contributed by atoms with Crippen molar-refractivity contribution in [3.8, 4) is 0 Å². The number of carbonyl (C=O) groups is 1. The molecule has 0 fully saturated rings. The first-order chi connectivity index (χ1) is 11.4. The van der Waals surface area contributed by atoms with E-state index in [2.05, 4.69) is 5.73 Å². The van der Waals surface area contributed by atoms with Crippen molar-refractivity contribution < 1.29 is 19.2 Å². The smallest absolute Gasteiger partial charge is 0.342 e. The van der Waals surface area contributed by atoms with Crippen LogP contribution in [0.15, 0.2) is 35.8 Å². The molecule has 128 valence electrons. The molecule has 1 aliphatic rings. The molecule has 7 nitrogen and oxygen atoms in total. The maximum atomic E-state index is 12.3. The minimum absolute atomic E-state index is 0.173. The van der Waals surface area contributed by atoms with Gasteiger partial charge < -0.3 is 9.47 Å². The highest BCUT2D eigenvalue weighted by atomic mass is 35.5. The molecule has 2 atom stereocenters. The van der Waals surface area contributed by atoms with Crippen LogP contribution in [0.5, 0.6) is 0 Å². The van der Waals surface area contributed by atoms with E-state index in [0.29, 0.717) is 5.56 Å². The van der Waals surface area contributed by atoms with Gasteiger partial charge in [0.2, 0.25) is 0 Å². The highest BCUT2D eigenvalue weighted by molar-refractivity contribution is 6.30. The number of nitrogens with zero attached hydrogens (tertiary/aromatic N) is 2. The first-order valence-electron chi connectivity index (χ1n) is 7.24. The van der Waals surface area contributed by atoms with Gasteiger partial charge in [-0.15, -0.1) is 0 Å². The standard InChI is InChI=1S/C16H17ClN2O5/c1-4-23-16(20)12-7-8-24-15(18(2)3)14(12)11-6-5-10(17)9-13(11)19(21)22/h5-6,8-9,14-15H,4H2,1-3H3. The molecule has 0 N–H and O–H groups in total. The molecule has 0 aromatic heterocycles. The zero-order valence-corrected chi connectivity index (χ0v) is 14.2. The van der Waals surface area contributed by atoms with E-state index >= 15 is 0 Å². The van der Waals surface area contributed by atoms with Gasteiger partial charge >= 0.3 is 5.97 Å². The van der Waals surface area contributed by atoms with Crippen LogP contribution in [0.2, 0.25) is 5.02 Å². The highest BCUT2D eigenvalue weighted by Crippen LogP contribution is 2.39. The molecule has 1 aliphatic heterocycles. The summed E-state index contributed by atoms with van der Waals surface area (Å²) in [7, 11) is 3.50. The average Bonchev–Trinajstić information content (AvgIpc) is 2.54. The van der Waals surface area contributed by atoms with Crippen molar-refractivity contribution in [2.24, 2.45) is 0 Å². The number of likely N-dealkylation sites (N-methyl/N-ethyl adjacent to an activating group) is 1. The third-order valence-electron chi connectivity index (χ3n) is 3.55. The second kappa shape index (κ2) is 7.49. The van der Waals surface area contributed by atoms with Crippen molar-refractivity contribution in [3.05, 3.63) is 56.5 Å². The Labute approximate surface area is 144 Å². The van der Waals surface area contributed by atoms with Crippen LogP contribution in [0.25, 0.3) is 0 Å². The summed E-state index contributed by atoms with van der Waals surface area (Å²) < 4.78 is 10.6. The Morgan fingerprint density at radius 2 is 2.21 bits per heavy atom. The average molecular weight is 353 g/mol. The van der Waals surface area contributed by atoms with Crippen LogP contribution in [0.1, 0.15) is 18.4 Å². The lowest BCUT2D eigenvalue weighted by atomic mass is 9.87. The van der Waals surface area contributed by atoms with Crippen LogP contribution in [0.3, 0.4) is 0 Å².